The van der Waals surface area contributed by atoms with Crippen LogP contribution in [0.25, 0.3) is 0 Å². The molecule has 0 unspecified atom stereocenters. The average molecular weight is 388 g/mol. The molecular formula is C22H24N6O. The monoisotopic (exact) mass is 388 g/mol. The summed E-state index contributed by atoms with van der Waals surface area (Å²) in [5, 5.41) is 3.31. The van der Waals surface area contributed by atoms with E-state index in [4.69, 9.17) is 0 Å². The van der Waals surface area contributed by atoms with Crippen molar-refractivity contribution in [2.24, 2.45) is 0 Å². The summed E-state index contributed by atoms with van der Waals surface area (Å²) in [5.41, 5.74) is 3.97. The molecule has 4 rings (SSSR count). The molecule has 1 saturated heterocycles. The number of benzene rings is 1. The molecular weight excluding hydrogens is 364 g/mol. The molecule has 1 N–H and O–H groups in total. The number of aryl methyl sites for hydroxylation is 2. The lowest BCUT2D eigenvalue weighted by atomic mass is 10.1. The first-order valence-electron chi connectivity index (χ1n) is 9.71. The van der Waals surface area contributed by atoms with Crippen LogP contribution in [0.2, 0.25) is 0 Å². The van der Waals surface area contributed by atoms with Gasteiger partial charge in [0.25, 0.3) is 5.91 Å². The van der Waals surface area contributed by atoms with Crippen molar-refractivity contribution in [3.05, 3.63) is 71.7 Å². The summed E-state index contributed by atoms with van der Waals surface area (Å²) >= 11 is 0. The molecule has 0 radical (unpaired) electrons. The van der Waals surface area contributed by atoms with E-state index in [1.54, 1.807) is 30.7 Å². The molecule has 0 bridgehead atoms. The molecule has 0 saturated carbocycles. The lowest BCUT2D eigenvalue weighted by Gasteiger charge is -2.34. The molecule has 29 heavy (non-hydrogen) atoms. The standard InChI is InChI=1S/C22H24N6O/c1-16-12-17(2)14-19(13-16)26-20-15-18(4-7-23-20)21(29)27-8-10-28(11-9-27)22-24-5-3-6-25-22/h3-7,12-15H,8-11H2,1-2H3,(H,23,26). The van der Waals surface area contributed by atoms with E-state index in [1.807, 2.05) is 11.0 Å². The van der Waals surface area contributed by atoms with Crippen LogP contribution >= 0.6 is 0 Å². The maximum absolute atomic E-state index is 13.0. The topological polar surface area (TPSA) is 74.2 Å². The van der Waals surface area contributed by atoms with Gasteiger partial charge in [-0.25, -0.2) is 15.0 Å². The van der Waals surface area contributed by atoms with Crippen LogP contribution in [0.1, 0.15) is 21.5 Å². The number of nitrogens with zero attached hydrogens (tertiary/aromatic N) is 5. The summed E-state index contributed by atoms with van der Waals surface area (Å²) in [7, 11) is 0. The number of carbonyl (C=O) groups is 1. The van der Waals surface area contributed by atoms with E-state index in [0.717, 1.165) is 5.69 Å². The first-order valence-corrected chi connectivity index (χ1v) is 9.71. The maximum Gasteiger partial charge on any atom is 0.254 e. The van der Waals surface area contributed by atoms with E-state index in [9.17, 15) is 4.79 Å². The Morgan fingerprint density at radius 3 is 2.28 bits per heavy atom. The number of hydrogen-bond donors (Lipinski definition) is 1. The summed E-state index contributed by atoms with van der Waals surface area (Å²) in [6.07, 6.45) is 5.15. The van der Waals surface area contributed by atoms with E-state index >= 15 is 0 Å². The minimum absolute atomic E-state index is 0.0181. The maximum atomic E-state index is 13.0. The van der Waals surface area contributed by atoms with Crippen LogP contribution in [-0.2, 0) is 0 Å². The highest BCUT2D eigenvalue weighted by Gasteiger charge is 2.23. The van der Waals surface area contributed by atoms with Gasteiger partial charge in [-0.05, 0) is 55.3 Å². The minimum Gasteiger partial charge on any atom is -0.340 e. The minimum atomic E-state index is 0.0181. The van der Waals surface area contributed by atoms with Crippen molar-refractivity contribution < 1.29 is 4.79 Å². The van der Waals surface area contributed by atoms with Gasteiger partial charge in [0.05, 0.1) is 0 Å². The van der Waals surface area contributed by atoms with Crippen LogP contribution < -0.4 is 10.2 Å². The summed E-state index contributed by atoms with van der Waals surface area (Å²) in [6, 6.07) is 11.6. The lowest BCUT2D eigenvalue weighted by Crippen LogP contribution is -2.49. The van der Waals surface area contributed by atoms with Gasteiger partial charge in [-0.1, -0.05) is 6.07 Å². The summed E-state index contributed by atoms with van der Waals surface area (Å²) < 4.78 is 0. The summed E-state index contributed by atoms with van der Waals surface area (Å²) in [5.74, 6) is 1.39. The fraction of sp³-hybridized carbons (Fsp3) is 0.273. The van der Waals surface area contributed by atoms with E-state index in [-0.39, 0.29) is 5.91 Å². The van der Waals surface area contributed by atoms with Gasteiger partial charge in [0.2, 0.25) is 5.95 Å². The van der Waals surface area contributed by atoms with E-state index in [2.05, 4.69) is 57.2 Å². The van der Waals surface area contributed by atoms with Crippen LogP contribution in [-0.4, -0.2) is 51.9 Å². The van der Waals surface area contributed by atoms with Gasteiger partial charge in [-0.3, -0.25) is 4.79 Å². The van der Waals surface area contributed by atoms with Gasteiger partial charge in [-0.15, -0.1) is 0 Å². The first kappa shape index (κ1) is 18.9. The molecule has 7 heteroatoms. The molecule has 3 heterocycles. The number of aromatic nitrogens is 3. The second-order valence-corrected chi connectivity index (χ2v) is 7.26. The number of amides is 1. The number of nitrogens with one attached hydrogen (secondary N) is 1. The second kappa shape index (κ2) is 8.26. The Morgan fingerprint density at radius 2 is 1.59 bits per heavy atom. The van der Waals surface area contributed by atoms with Gasteiger partial charge in [-0.2, -0.15) is 0 Å². The van der Waals surface area contributed by atoms with Crippen molar-refractivity contribution in [1.29, 1.82) is 0 Å². The van der Waals surface area contributed by atoms with Gasteiger partial charge in [0.1, 0.15) is 5.82 Å². The van der Waals surface area contributed by atoms with E-state index < -0.39 is 0 Å². The van der Waals surface area contributed by atoms with Crippen molar-refractivity contribution in [2.45, 2.75) is 13.8 Å². The van der Waals surface area contributed by atoms with Gasteiger partial charge in [0, 0.05) is 56.0 Å². The Kier molecular flexibility index (Phi) is 5.37. The Hall–Kier alpha value is -3.48. The lowest BCUT2D eigenvalue weighted by molar-refractivity contribution is 0.0746. The fourth-order valence-corrected chi connectivity index (χ4v) is 3.57. The third kappa shape index (κ3) is 4.51. The molecule has 1 aromatic carbocycles. The molecule has 1 amide bonds. The molecule has 0 aliphatic carbocycles. The number of anilines is 3. The van der Waals surface area contributed by atoms with Gasteiger partial charge >= 0.3 is 0 Å². The van der Waals surface area contributed by atoms with Gasteiger partial charge < -0.3 is 15.1 Å². The van der Waals surface area contributed by atoms with Crippen molar-refractivity contribution in [2.75, 3.05) is 36.4 Å². The van der Waals surface area contributed by atoms with Gasteiger partial charge in [0.15, 0.2) is 0 Å². The first-order chi connectivity index (χ1) is 14.1. The molecule has 1 fully saturated rings. The largest absolute Gasteiger partial charge is 0.340 e. The zero-order valence-electron chi connectivity index (χ0n) is 16.7. The quantitative estimate of drug-likeness (QED) is 0.740. The molecule has 148 valence electrons. The zero-order chi connectivity index (χ0) is 20.2. The smallest absolute Gasteiger partial charge is 0.254 e. The Morgan fingerprint density at radius 1 is 0.897 bits per heavy atom. The Balaban J connectivity index is 1.42. The van der Waals surface area contributed by atoms with Crippen molar-refractivity contribution in [3.63, 3.8) is 0 Å². The summed E-state index contributed by atoms with van der Waals surface area (Å²) in [6.45, 7) is 6.83. The Bertz CT molecular complexity index is 979. The molecule has 7 nitrogen and oxygen atoms in total. The number of piperazine rings is 1. The van der Waals surface area contributed by atoms with E-state index in [0.29, 0.717) is 43.5 Å². The molecule has 3 aromatic rings. The van der Waals surface area contributed by atoms with Crippen LogP contribution in [0.4, 0.5) is 17.5 Å². The molecule has 0 atom stereocenters. The predicted molar refractivity (Wildman–Crippen MR) is 114 cm³/mol. The zero-order valence-corrected chi connectivity index (χ0v) is 16.7. The van der Waals surface area contributed by atoms with Crippen molar-refractivity contribution >= 4 is 23.4 Å². The fourth-order valence-electron chi connectivity index (χ4n) is 3.57. The predicted octanol–water partition coefficient (Wildman–Crippen LogP) is 3.19. The van der Waals surface area contributed by atoms with Crippen molar-refractivity contribution in [3.8, 4) is 0 Å². The van der Waals surface area contributed by atoms with Crippen LogP contribution in [0, 0.1) is 13.8 Å². The van der Waals surface area contributed by atoms with Crippen LogP contribution in [0.3, 0.4) is 0 Å². The van der Waals surface area contributed by atoms with Crippen LogP contribution in [0.5, 0.6) is 0 Å². The number of carbonyl (C=O) groups excluding carboxylic acids is 1. The number of rotatable bonds is 4. The SMILES string of the molecule is Cc1cc(C)cc(Nc2cc(C(=O)N3CCN(c4ncccn4)CC3)ccn2)c1. The molecule has 2 aromatic heterocycles. The normalized spacial score (nSPS) is 14.0. The highest BCUT2D eigenvalue weighted by atomic mass is 16.2. The van der Waals surface area contributed by atoms with Crippen LogP contribution in [0.15, 0.2) is 55.0 Å². The molecule has 1 aliphatic heterocycles. The van der Waals surface area contributed by atoms with E-state index in [1.165, 1.54) is 11.1 Å². The number of hydrogen-bond acceptors (Lipinski definition) is 6. The number of pyridine rings is 1. The average Bonchev–Trinajstić information content (AvgIpc) is 2.73. The third-order valence-electron chi connectivity index (χ3n) is 4.90. The molecule has 1 aliphatic rings. The highest BCUT2D eigenvalue weighted by molar-refractivity contribution is 5.95. The van der Waals surface area contributed by atoms with Crippen molar-refractivity contribution in [1.82, 2.24) is 19.9 Å². The second-order valence-electron chi connectivity index (χ2n) is 7.26. The molecule has 0 spiro atoms. The highest BCUT2D eigenvalue weighted by Crippen LogP contribution is 2.20. The third-order valence-corrected chi connectivity index (χ3v) is 4.90. The summed E-state index contributed by atoms with van der Waals surface area (Å²) in [4.78, 5) is 29.9. The Labute approximate surface area is 170 Å².